The molecule has 2 N–H and O–H groups in total. The number of carbonyl (C=O) groups is 1. The molecule has 6 heteroatoms. The third-order valence-corrected chi connectivity index (χ3v) is 3.15. The van der Waals surface area contributed by atoms with Crippen LogP contribution >= 0.6 is 0 Å². The van der Waals surface area contributed by atoms with Crippen LogP contribution in [0.5, 0.6) is 0 Å². The summed E-state index contributed by atoms with van der Waals surface area (Å²) >= 11 is 0. The number of benzene rings is 1. The molecule has 102 valence electrons. The lowest BCUT2D eigenvalue weighted by Crippen LogP contribution is -2.21. The SMILES string of the molecule is COCCC(C)n1c(=O)[nH]c2ccc(C(=O)O)cc21. The summed E-state index contributed by atoms with van der Waals surface area (Å²) in [5.41, 5.74) is 1.17. The second-order valence-corrected chi connectivity index (χ2v) is 4.47. The van der Waals surface area contributed by atoms with Crippen molar-refractivity contribution in [3.63, 3.8) is 0 Å². The number of aromatic amines is 1. The van der Waals surface area contributed by atoms with Gasteiger partial charge in [-0.15, -0.1) is 0 Å². The Morgan fingerprint density at radius 2 is 2.26 bits per heavy atom. The molecule has 0 aliphatic heterocycles. The lowest BCUT2D eigenvalue weighted by Gasteiger charge is -2.13. The molecule has 0 aliphatic carbocycles. The molecule has 0 saturated carbocycles. The van der Waals surface area contributed by atoms with E-state index in [2.05, 4.69) is 4.98 Å². The van der Waals surface area contributed by atoms with Gasteiger partial charge in [-0.05, 0) is 31.5 Å². The van der Waals surface area contributed by atoms with Gasteiger partial charge in [-0.2, -0.15) is 0 Å². The summed E-state index contributed by atoms with van der Waals surface area (Å²) in [5.74, 6) is -1.01. The largest absolute Gasteiger partial charge is 0.478 e. The number of fused-ring (bicyclic) bond motifs is 1. The third-order valence-electron chi connectivity index (χ3n) is 3.15. The average Bonchev–Trinajstić information content (AvgIpc) is 2.70. The molecule has 0 fully saturated rings. The van der Waals surface area contributed by atoms with Crippen molar-refractivity contribution < 1.29 is 14.6 Å². The highest BCUT2D eigenvalue weighted by Gasteiger charge is 2.14. The van der Waals surface area contributed by atoms with E-state index in [0.29, 0.717) is 24.1 Å². The Bertz CT molecular complexity index is 656. The zero-order chi connectivity index (χ0) is 14.0. The summed E-state index contributed by atoms with van der Waals surface area (Å²) in [5, 5.41) is 9.00. The van der Waals surface area contributed by atoms with Crippen molar-refractivity contribution in [1.82, 2.24) is 9.55 Å². The summed E-state index contributed by atoms with van der Waals surface area (Å²) in [6.45, 7) is 2.44. The van der Waals surface area contributed by atoms with Gasteiger partial charge >= 0.3 is 11.7 Å². The molecule has 1 aromatic carbocycles. The number of carboxylic acid groups (broad SMARTS) is 1. The molecule has 0 saturated heterocycles. The molecule has 1 unspecified atom stereocenters. The second-order valence-electron chi connectivity index (χ2n) is 4.47. The Morgan fingerprint density at radius 1 is 1.53 bits per heavy atom. The van der Waals surface area contributed by atoms with Gasteiger partial charge in [-0.3, -0.25) is 4.57 Å². The minimum absolute atomic E-state index is 0.0646. The van der Waals surface area contributed by atoms with Gasteiger partial charge in [0, 0.05) is 19.8 Å². The van der Waals surface area contributed by atoms with Crippen LogP contribution in [0.2, 0.25) is 0 Å². The summed E-state index contributed by atoms with van der Waals surface area (Å²) in [6.07, 6.45) is 0.681. The lowest BCUT2D eigenvalue weighted by molar-refractivity contribution is 0.0697. The Hall–Kier alpha value is -2.08. The number of ether oxygens (including phenoxy) is 1. The Morgan fingerprint density at radius 3 is 2.89 bits per heavy atom. The number of methoxy groups -OCH3 is 1. The molecule has 2 rings (SSSR count). The molecule has 1 heterocycles. The highest BCUT2D eigenvalue weighted by molar-refractivity contribution is 5.92. The normalized spacial score (nSPS) is 12.7. The predicted octanol–water partition coefficient (Wildman–Crippen LogP) is 1.63. The van der Waals surface area contributed by atoms with Gasteiger partial charge in [-0.1, -0.05) is 0 Å². The van der Waals surface area contributed by atoms with Crippen LogP contribution in [0.3, 0.4) is 0 Å². The van der Waals surface area contributed by atoms with Crippen molar-refractivity contribution in [2.75, 3.05) is 13.7 Å². The first-order chi connectivity index (χ1) is 9.04. The monoisotopic (exact) mass is 264 g/mol. The summed E-state index contributed by atoms with van der Waals surface area (Å²) in [7, 11) is 1.60. The van der Waals surface area contributed by atoms with E-state index in [1.807, 2.05) is 6.92 Å². The van der Waals surface area contributed by atoms with Gasteiger partial charge in [0.1, 0.15) is 0 Å². The van der Waals surface area contributed by atoms with E-state index < -0.39 is 5.97 Å². The van der Waals surface area contributed by atoms with Crippen LogP contribution < -0.4 is 5.69 Å². The van der Waals surface area contributed by atoms with Crippen LogP contribution in [0.25, 0.3) is 11.0 Å². The number of hydrogen-bond acceptors (Lipinski definition) is 3. The number of carboxylic acids is 1. The Labute approximate surface area is 109 Å². The fourth-order valence-corrected chi connectivity index (χ4v) is 2.11. The van der Waals surface area contributed by atoms with Gasteiger partial charge < -0.3 is 14.8 Å². The van der Waals surface area contributed by atoms with Crippen molar-refractivity contribution >= 4 is 17.0 Å². The lowest BCUT2D eigenvalue weighted by atomic mass is 10.2. The van der Waals surface area contributed by atoms with E-state index in [0.717, 1.165) is 0 Å². The Kier molecular flexibility index (Phi) is 3.71. The molecule has 2 aromatic rings. The second kappa shape index (κ2) is 5.27. The zero-order valence-electron chi connectivity index (χ0n) is 10.8. The van der Waals surface area contributed by atoms with Crippen molar-refractivity contribution in [3.05, 3.63) is 34.2 Å². The maximum Gasteiger partial charge on any atom is 0.335 e. The van der Waals surface area contributed by atoms with Gasteiger partial charge in [0.25, 0.3) is 0 Å². The van der Waals surface area contributed by atoms with E-state index in [1.54, 1.807) is 17.7 Å². The molecule has 1 atom stereocenters. The molecule has 0 bridgehead atoms. The van der Waals surface area contributed by atoms with E-state index in [1.165, 1.54) is 12.1 Å². The van der Waals surface area contributed by atoms with Crippen LogP contribution in [-0.2, 0) is 4.74 Å². The number of aromatic carboxylic acids is 1. The van der Waals surface area contributed by atoms with Gasteiger partial charge in [0.15, 0.2) is 0 Å². The smallest absolute Gasteiger partial charge is 0.335 e. The molecule has 19 heavy (non-hydrogen) atoms. The van der Waals surface area contributed by atoms with Gasteiger partial charge in [0.05, 0.1) is 16.6 Å². The summed E-state index contributed by atoms with van der Waals surface area (Å²) < 4.78 is 6.57. The molecule has 0 amide bonds. The fraction of sp³-hybridized carbons (Fsp3) is 0.385. The predicted molar refractivity (Wildman–Crippen MR) is 70.7 cm³/mol. The number of imidazole rings is 1. The van der Waals surface area contributed by atoms with Crippen LogP contribution in [0, 0.1) is 0 Å². The molecule has 0 spiro atoms. The number of rotatable bonds is 5. The highest BCUT2D eigenvalue weighted by Crippen LogP contribution is 2.18. The van der Waals surface area contributed by atoms with Crippen LogP contribution in [0.1, 0.15) is 29.7 Å². The summed E-state index contributed by atoms with van der Waals surface area (Å²) in [6, 6.07) is 4.54. The Balaban J connectivity index is 2.52. The van der Waals surface area contributed by atoms with E-state index in [9.17, 15) is 9.59 Å². The van der Waals surface area contributed by atoms with Crippen LogP contribution in [0.15, 0.2) is 23.0 Å². The van der Waals surface area contributed by atoms with Gasteiger partial charge in [0.2, 0.25) is 0 Å². The fourth-order valence-electron chi connectivity index (χ4n) is 2.11. The van der Waals surface area contributed by atoms with Crippen LogP contribution in [0.4, 0.5) is 0 Å². The number of hydrogen-bond donors (Lipinski definition) is 2. The number of H-pyrrole nitrogens is 1. The molecule has 0 aliphatic rings. The van der Waals surface area contributed by atoms with Crippen molar-refractivity contribution in [2.45, 2.75) is 19.4 Å². The van der Waals surface area contributed by atoms with E-state index in [-0.39, 0.29) is 17.3 Å². The first-order valence-corrected chi connectivity index (χ1v) is 6.01. The van der Waals surface area contributed by atoms with Crippen molar-refractivity contribution in [2.24, 2.45) is 0 Å². The maximum atomic E-state index is 11.9. The zero-order valence-corrected chi connectivity index (χ0v) is 10.8. The van der Waals surface area contributed by atoms with Crippen LogP contribution in [-0.4, -0.2) is 34.3 Å². The topological polar surface area (TPSA) is 84.3 Å². The minimum Gasteiger partial charge on any atom is -0.478 e. The van der Waals surface area contributed by atoms with E-state index >= 15 is 0 Å². The van der Waals surface area contributed by atoms with Gasteiger partial charge in [-0.25, -0.2) is 9.59 Å². The maximum absolute atomic E-state index is 11.9. The minimum atomic E-state index is -1.01. The number of nitrogens with one attached hydrogen (secondary N) is 1. The van der Waals surface area contributed by atoms with Crippen molar-refractivity contribution in [3.8, 4) is 0 Å². The summed E-state index contributed by atoms with van der Waals surface area (Å²) in [4.78, 5) is 25.7. The molecular weight excluding hydrogens is 248 g/mol. The first-order valence-electron chi connectivity index (χ1n) is 6.01. The standard InChI is InChI=1S/C13H16N2O4/c1-8(5-6-19-2)15-11-7-9(12(16)17)3-4-10(11)14-13(15)18/h3-4,7-8H,5-6H2,1-2H3,(H,14,18)(H,16,17). The highest BCUT2D eigenvalue weighted by atomic mass is 16.5. The molecule has 1 aromatic heterocycles. The third kappa shape index (κ3) is 2.53. The van der Waals surface area contributed by atoms with Crippen molar-refractivity contribution in [1.29, 1.82) is 0 Å². The van der Waals surface area contributed by atoms with E-state index in [4.69, 9.17) is 9.84 Å². The quantitative estimate of drug-likeness (QED) is 0.859. The first kappa shape index (κ1) is 13.4. The number of nitrogens with zero attached hydrogens (tertiary/aromatic N) is 1. The molecular formula is C13H16N2O4. The molecule has 0 radical (unpaired) electrons. The average molecular weight is 264 g/mol. The molecule has 6 nitrogen and oxygen atoms in total. The number of aromatic nitrogens is 2.